The summed E-state index contributed by atoms with van der Waals surface area (Å²) in [6.07, 6.45) is 0.892. The lowest BCUT2D eigenvalue weighted by atomic mass is 10.00. The predicted octanol–water partition coefficient (Wildman–Crippen LogP) is 3.43. The minimum Gasteiger partial charge on any atom is -0.496 e. The molecule has 0 bridgehead atoms. The van der Waals surface area contributed by atoms with Gasteiger partial charge in [-0.15, -0.1) is 0 Å². The van der Waals surface area contributed by atoms with E-state index in [1.54, 1.807) is 31.4 Å². The van der Waals surface area contributed by atoms with E-state index in [9.17, 15) is 4.79 Å². The molecule has 4 nitrogen and oxygen atoms in total. The summed E-state index contributed by atoms with van der Waals surface area (Å²) < 4.78 is 5.28. The quantitative estimate of drug-likeness (QED) is 0.794. The molecule has 0 aliphatic heterocycles. The van der Waals surface area contributed by atoms with Crippen molar-refractivity contribution in [1.29, 1.82) is 0 Å². The van der Waals surface area contributed by atoms with Crippen LogP contribution in [0.3, 0.4) is 0 Å². The summed E-state index contributed by atoms with van der Waals surface area (Å²) in [5, 5.41) is 8.67. The van der Waals surface area contributed by atoms with Crippen LogP contribution in [0.4, 0.5) is 0 Å². The molecule has 0 unspecified atom stereocenters. The summed E-state index contributed by atoms with van der Waals surface area (Å²) in [6.45, 7) is 3.78. The lowest BCUT2D eigenvalue weighted by Gasteiger charge is -2.10. The SMILES string of the molecule is CCc1nnc(C)cc1C(=O)Cc1cc(Cl)ccc1OC. The first-order chi connectivity index (χ1) is 10.0. The van der Waals surface area contributed by atoms with Crippen LogP contribution in [0.5, 0.6) is 5.75 Å². The summed E-state index contributed by atoms with van der Waals surface area (Å²) in [5.41, 5.74) is 2.83. The largest absolute Gasteiger partial charge is 0.496 e. The van der Waals surface area contributed by atoms with Crippen LogP contribution in [0.1, 0.15) is 34.2 Å². The number of benzene rings is 1. The van der Waals surface area contributed by atoms with Crippen LogP contribution in [-0.2, 0) is 12.8 Å². The Morgan fingerprint density at radius 1 is 1.29 bits per heavy atom. The average molecular weight is 305 g/mol. The number of ketones is 1. The van der Waals surface area contributed by atoms with Crippen molar-refractivity contribution >= 4 is 17.4 Å². The number of aromatic nitrogens is 2. The number of carbonyl (C=O) groups excluding carboxylic acids is 1. The molecule has 0 amide bonds. The molecule has 0 spiro atoms. The van der Waals surface area contributed by atoms with E-state index < -0.39 is 0 Å². The molecule has 0 radical (unpaired) electrons. The van der Waals surface area contributed by atoms with Crippen LogP contribution in [0.2, 0.25) is 5.02 Å². The minimum atomic E-state index is -0.00887. The second kappa shape index (κ2) is 6.68. The summed E-state index contributed by atoms with van der Waals surface area (Å²) in [4.78, 5) is 12.6. The van der Waals surface area contributed by atoms with Crippen molar-refractivity contribution in [2.24, 2.45) is 0 Å². The van der Waals surface area contributed by atoms with Crippen molar-refractivity contribution in [2.75, 3.05) is 7.11 Å². The average Bonchev–Trinajstić information content (AvgIpc) is 2.47. The lowest BCUT2D eigenvalue weighted by Crippen LogP contribution is -2.11. The van der Waals surface area contributed by atoms with Crippen LogP contribution >= 0.6 is 11.6 Å². The highest BCUT2D eigenvalue weighted by Crippen LogP contribution is 2.24. The molecule has 0 N–H and O–H groups in total. The lowest BCUT2D eigenvalue weighted by molar-refractivity contribution is 0.0990. The van der Waals surface area contributed by atoms with Gasteiger partial charge in [-0.05, 0) is 37.6 Å². The predicted molar refractivity (Wildman–Crippen MR) is 82.2 cm³/mol. The van der Waals surface area contributed by atoms with Crippen LogP contribution in [-0.4, -0.2) is 23.1 Å². The molecule has 0 aliphatic carbocycles. The van der Waals surface area contributed by atoms with Crippen molar-refractivity contribution in [3.8, 4) is 5.75 Å². The number of rotatable bonds is 5. The molecule has 1 heterocycles. The van der Waals surface area contributed by atoms with Gasteiger partial charge in [0.1, 0.15) is 5.75 Å². The maximum atomic E-state index is 12.6. The number of hydrogen-bond acceptors (Lipinski definition) is 4. The van der Waals surface area contributed by atoms with E-state index in [0.29, 0.717) is 28.5 Å². The number of halogens is 1. The van der Waals surface area contributed by atoms with Gasteiger partial charge in [-0.25, -0.2) is 0 Å². The van der Waals surface area contributed by atoms with Crippen LogP contribution in [0, 0.1) is 6.92 Å². The highest BCUT2D eigenvalue weighted by molar-refractivity contribution is 6.30. The first-order valence-corrected chi connectivity index (χ1v) is 7.11. The number of carbonyl (C=O) groups is 1. The molecule has 0 saturated carbocycles. The Balaban J connectivity index is 2.34. The fraction of sp³-hybridized carbons (Fsp3) is 0.312. The van der Waals surface area contributed by atoms with Crippen molar-refractivity contribution in [3.63, 3.8) is 0 Å². The summed E-state index contributed by atoms with van der Waals surface area (Å²) >= 11 is 6.00. The van der Waals surface area contributed by atoms with Gasteiger partial charge in [0.25, 0.3) is 0 Å². The molecule has 5 heteroatoms. The zero-order valence-corrected chi connectivity index (χ0v) is 13.1. The highest BCUT2D eigenvalue weighted by atomic mass is 35.5. The minimum absolute atomic E-state index is 0.00887. The molecule has 2 aromatic rings. The zero-order chi connectivity index (χ0) is 15.4. The van der Waals surface area contributed by atoms with E-state index in [1.807, 2.05) is 13.8 Å². The maximum absolute atomic E-state index is 12.6. The van der Waals surface area contributed by atoms with Gasteiger partial charge in [-0.3, -0.25) is 4.79 Å². The van der Waals surface area contributed by atoms with Gasteiger partial charge >= 0.3 is 0 Å². The van der Waals surface area contributed by atoms with Gasteiger partial charge in [-0.1, -0.05) is 18.5 Å². The van der Waals surface area contributed by atoms with Gasteiger partial charge in [0.2, 0.25) is 0 Å². The molecule has 0 atom stereocenters. The molecule has 2 rings (SSSR count). The molecule has 1 aromatic carbocycles. The van der Waals surface area contributed by atoms with Gasteiger partial charge in [0, 0.05) is 22.6 Å². The van der Waals surface area contributed by atoms with Crippen LogP contribution < -0.4 is 4.74 Å². The summed E-state index contributed by atoms with van der Waals surface area (Å²) in [5.74, 6) is 0.648. The highest BCUT2D eigenvalue weighted by Gasteiger charge is 2.16. The number of Topliss-reactive ketones (excluding diaryl/α,β-unsaturated/α-hetero) is 1. The molecule has 0 aliphatic rings. The van der Waals surface area contributed by atoms with E-state index in [0.717, 1.165) is 11.3 Å². The molecule has 1 aromatic heterocycles. The van der Waals surface area contributed by atoms with E-state index in [-0.39, 0.29) is 12.2 Å². The monoisotopic (exact) mass is 304 g/mol. The molecule has 0 fully saturated rings. The first kappa shape index (κ1) is 15.4. The molecular weight excluding hydrogens is 288 g/mol. The van der Waals surface area contributed by atoms with Crippen molar-refractivity contribution in [2.45, 2.75) is 26.7 Å². The Labute approximate surface area is 129 Å². The molecular formula is C16H17ClN2O2. The summed E-state index contributed by atoms with van der Waals surface area (Å²) in [6, 6.07) is 7.04. The Hall–Kier alpha value is -1.94. The summed E-state index contributed by atoms with van der Waals surface area (Å²) in [7, 11) is 1.58. The fourth-order valence-electron chi connectivity index (χ4n) is 2.17. The number of nitrogens with zero attached hydrogens (tertiary/aromatic N) is 2. The Bertz CT molecular complexity index is 671. The smallest absolute Gasteiger partial charge is 0.169 e. The van der Waals surface area contributed by atoms with Crippen molar-refractivity contribution in [1.82, 2.24) is 10.2 Å². The number of hydrogen-bond donors (Lipinski definition) is 0. The van der Waals surface area contributed by atoms with Gasteiger partial charge < -0.3 is 4.74 Å². The van der Waals surface area contributed by atoms with E-state index in [1.165, 1.54) is 0 Å². The third-order valence-electron chi connectivity index (χ3n) is 3.22. The molecule has 0 saturated heterocycles. The Morgan fingerprint density at radius 3 is 2.71 bits per heavy atom. The van der Waals surface area contributed by atoms with E-state index in [4.69, 9.17) is 16.3 Å². The Kier molecular flexibility index (Phi) is 4.91. The number of aryl methyl sites for hydroxylation is 2. The molecule has 21 heavy (non-hydrogen) atoms. The van der Waals surface area contributed by atoms with Crippen LogP contribution in [0.15, 0.2) is 24.3 Å². The van der Waals surface area contributed by atoms with E-state index in [2.05, 4.69) is 10.2 Å². The third-order valence-corrected chi connectivity index (χ3v) is 3.46. The van der Waals surface area contributed by atoms with Crippen LogP contribution in [0.25, 0.3) is 0 Å². The topological polar surface area (TPSA) is 52.1 Å². The Morgan fingerprint density at radius 2 is 2.05 bits per heavy atom. The fourth-order valence-corrected chi connectivity index (χ4v) is 2.36. The second-order valence-electron chi connectivity index (χ2n) is 4.76. The second-order valence-corrected chi connectivity index (χ2v) is 5.19. The number of methoxy groups -OCH3 is 1. The molecule has 110 valence electrons. The van der Waals surface area contributed by atoms with Crippen molar-refractivity contribution in [3.05, 3.63) is 51.8 Å². The van der Waals surface area contributed by atoms with Gasteiger partial charge in [0.05, 0.1) is 18.5 Å². The maximum Gasteiger partial charge on any atom is 0.169 e. The van der Waals surface area contributed by atoms with Crippen molar-refractivity contribution < 1.29 is 9.53 Å². The standard InChI is InChI=1S/C16H17ClN2O2/c1-4-14-13(7-10(2)18-19-14)15(20)9-11-8-12(17)5-6-16(11)21-3/h5-8H,4,9H2,1-3H3. The zero-order valence-electron chi connectivity index (χ0n) is 12.3. The third kappa shape index (κ3) is 3.58. The van der Waals surface area contributed by atoms with E-state index >= 15 is 0 Å². The first-order valence-electron chi connectivity index (χ1n) is 6.74. The van der Waals surface area contributed by atoms with Gasteiger partial charge in [0.15, 0.2) is 5.78 Å². The normalized spacial score (nSPS) is 10.5. The number of ether oxygens (including phenoxy) is 1. The van der Waals surface area contributed by atoms with Gasteiger partial charge in [-0.2, -0.15) is 10.2 Å².